The van der Waals surface area contributed by atoms with Gasteiger partial charge in [0.05, 0.1) is 11.3 Å². The number of aliphatic hydroxyl groups is 1. The summed E-state index contributed by atoms with van der Waals surface area (Å²) in [5, 5.41) is 14.7. The number of anilines is 1. The predicted octanol–water partition coefficient (Wildman–Crippen LogP) is 2.46. The standard InChI is InChI=1S/C19H25N3O/c20-9-14-10-21-16-3-1-2-15(16)18(14)22-17-12-4-11-5-13(17)8-19(23,6-11)7-12/h1-2,10-13,17,23H,3-9,20H2,(H,21,22). The second-order valence-electron chi connectivity index (χ2n) is 8.19. The summed E-state index contributed by atoms with van der Waals surface area (Å²) in [5.74, 6) is 1.95. The molecule has 122 valence electrons. The number of hydrogen-bond donors (Lipinski definition) is 3. The van der Waals surface area contributed by atoms with Crippen LogP contribution in [0.4, 0.5) is 5.69 Å². The normalized spacial score (nSPS) is 39.7. The lowest BCUT2D eigenvalue weighted by atomic mass is 9.52. The van der Waals surface area contributed by atoms with Crippen LogP contribution in [0.15, 0.2) is 12.3 Å². The molecule has 4 saturated carbocycles. The van der Waals surface area contributed by atoms with E-state index in [0.29, 0.717) is 24.4 Å². The van der Waals surface area contributed by atoms with E-state index in [1.54, 1.807) is 0 Å². The first-order chi connectivity index (χ1) is 11.1. The van der Waals surface area contributed by atoms with Gasteiger partial charge in [0.15, 0.2) is 0 Å². The van der Waals surface area contributed by atoms with Crippen molar-refractivity contribution in [2.45, 2.75) is 56.7 Å². The second-order valence-corrected chi connectivity index (χ2v) is 8.19. The highest BCUT2D eigenvalue weighted by Crippen LogP contribution is 2.56. The maximum absolute atomic E-state index is 10.8. The first-order valence-corrected chi connectivity index (χ1v) is 9.01. The van der Waals surface area contributed by atoms with Gasteiger partial charge in [-0.2, -0.15) is 0 Å². The third-order valence-corrected chi connectivity index (χ3v) is 6.65. The summed E-state index contributed by atoms with van der Waals surface area (Å²) >= 11 is 0. The molecule has 5 aliphatic rings. The lowest BCUT2D eigenvalue weighted by molar-refractivity contribution is -0.129. The summed E-state index contributed by atoms with van der Waals surface area (Å²) in [6.45, 7) is 0.519. The van der Waals surface area contributed by atoms with Crippen molar-refractivity contribution in [3.8, 4) is 0 Å². The summed E-state index contributed by atoms with van der Waals surface area (Å²) in [6, 6.07) is 0.484. The zero-order valence-corrected chi connectivity index (χ0v) is 13.5. The largest absolute Gasteiger partial charge is 0.390 e. The average molecular weight is 311 g/mol. The number of nitrogens with two attached hydrogens (primary N) is 1. The van der Waals surface area contributed by atoms with Crippen LogP contribution in [0.25, 0.3) is 6.08 Å². The molecule has 23 heavy (non-hydrogen) atoms. The SMILES string of the molecule is NCc1cnc2c(c1NC1C3CC4CC1CC(O)(C4)C3)C=CC2. The van der Waals surface area contributed by atoms with Crippen LogP contribution in [-0.4, -0.2) is 21.7 Å². The van der Waals surface area contributed by atoms with Crippen LogP contribution in [0.3, 0.4) is 0 Å². The number of nitrogens with one attached hydrogen (secondary N) is 1. The van der Waals surface area contributed by atoms with Gasteiger partial charge in [-0.3, -0.25) is 4.98 Å². The second kappa shape index (κ2) is 4.81. The van der Waals surface area contributed by atoms with E-state index in [2.05, 4.69) is 22.5 Å². The van der Waals surface area contributed by atoms with Gasteiger partial charge in [0, 0.05) is 42.0 Å². The van der Waals surface area contributed by atoms with Crippen LogP contribution in [-0.2, 0) is 13.0 Å². The highest BCUT2D eigenvalue weighted by molar-refractivity contribution is 5.74. The average Bonchev–Trinajstić information content (AvgIpc) is 2.98. The molecule has 1 aromatic rings. The van der Waals surface area contributed by atoms with E-state index < -0.39 is 0 Å². The number of nitrogens with zero attached hydrogens (tertiary/aromatic N) is 1. The van der Waals surface area contributed by atoms with Gasteiger partial charge in [-0.15, -0.1) is 0 Å². The van der Waals surface area contributed by atoms with E-state index in [0.717, 1.165) is 42.9 Å². The third-order valence-electron chi connectivity index (χ3n) is 6.65. The first kappa shape index (κ1) is 14.0. The molecule has 1 aromatic heterocycles. The Morgan fingerprint density at radius 1 is 1.26 bits per heavy atom. The first-order valence-electron chi connectivity index (χ1n) is 9.01. The Balaban J connectivity index is 1.49. The van der Waals surface area contributed by atoms with Crippen LogP contribution in [0, 0.1) is 17.8 Å². The Morgan fingerprint density at radius 2 is 2.04 bits per heavy atom. The molecular formula is C19H25N3O. The molecule has 2 atom stereocenters. The molecule has 4 N–H and O–H groups in total. The topological polar surface area (TPSA) is 71.2 Å². The highest BCUT2D eigenvalue weighted by Gasteiger charge is 2.54. The zero-order chi connectivity index (χ0) is 15.6. The smallest absolute Gasteiger partial charge is 0.0657 e. The predicted molar refractivity (Wildman–Crippen MR) is 90.8 cm³/mol. The fraction of sp³-hybridized carbons (Fsp3) is 0.632. The van der Waals surface area contributed by atoms with Crippen molar-refractivity contribution < 1.29 is 5.11 Å². The Hall–Kier alpha value is -1.39. The minimum absolute atomic E-state index is 0.370. The van der Waals surface area contributed by atoms with Crippen LogP contribution in [0.5, 0.6) is 0 Å². The summed E-state index contributed by atoms with van der Waals surface area (Å²) in [4.78, 5) is 4.56. The molecule has 0 spiro atoms. The number of allylic oxidation sites excluding steroid dienone is 1. The molecule has 4 fully saturated rings. The summed E-state index contributed by atoms with van der Waals surface area (Å²) in [7, 11) is 0. The monoisotopic (exact) mass is 311 g/mol. The van der Waals surface area contributed by atoms with Crippen LogP contribution < -0.4 is 11.1 Å². The van der Waals surface area contributed by atoms with E-state index in [9.17, 15) is 5.11 Å². The molecule has 6 rings (SSSR count). The minimum atomic E-state index is -0.370. The van der Waals surface area contributed by atoms with E-state index in [4.69, 9.17) is 5.73 Å². The molecule has 0 radical (unpaired) electrons. The van der Waals surface area contributed by atoms with Crippen molar-refractivity contribution >= 4 is 11.8 Å². The van der Waals surface area contributed by atoms with Gasteiger partial charge in [-0.1, -0.05) is 12.2 Å². The molecule has 5 aliphatic carbocycles. The zero-order valence-electron chi connectivity index (χ0n) is 13.5. The molecule has 1 heterocycles. The molecule has 4 heteroatoms. The molecule has 4 nitrogen and oxygen atoms in total. The number of aromatic nitrogens is 1. The van der Waals surface area contributed by atoms with Crippen molar-refractivity contribution in [3.63, 3.8) is 0 Å². The van der Waals surface area contributed by atoms with E-state index in [1.807, 2.05) is 6.20 Å². The fourth-order valence-electron chi connectivity index (χ4n) is 5.95. The van der Waals surface area contributed by atoms with Crippen LogP contribution >= 0.6 is 0 Å². The molecule has 4 bridgehead atoms. The van der Waals surface area contributed by atoms with Crippen molar-refractivity contribution in [1.29, 1.82) is 0 Å². The third kappa shape index (κ3) is 2.08. The van der Waals surface area contributed by atoms with Crippen molar-refractivity contribution in [3.05, 3.63) is 29.1 Å². The van der Waals surface area contributed by atoms with E-state index in [-0.39, 0.29) is 5.60 Å². The summed E-state index contributed by atoms with van der Waals surface area (Å²) < 4.78 is 0. The summed E-state index contributed by atoms with van der Waals surface area (Å²) in [5.41, 5.74) is 10.3. The molecule has 2 unspecified atom stereocenters. The summed E-state index contributed by atoms with van der Waals surface area (Å²) in [6.07, 6.45) is 12.8. The fourth-order valence-corrected chi connectivity index (χ4v) is 5.95. The molecule has 0 aliphatic heterocycles. The number of fused-ring (bicyclic) bond motifs is 1. The van der Waals surface area contributed by atoms with Crippen LogP contribution in [0.1, 0.15) is 48.9 Å². The Kier molecular flexibility index (Phi) is 2.92. The lowest BCUT2D eigenvalue weighted by Crippen LogP contribution is -2.59. The van der Waals surface area contributed by atoms with Gasteiger partial charge in [0.2, 0.25) is 0 Å². The quantitative estimate of drug-likeness (QED) is 0.802. The minimum Gasteiger partial charge on any atom is -0.390 e. The van der Waals surface area contributed by atoms with E-state index >= 15 is 0 Å². The van der Waals surface area contributed by atoms with Gasteiger partial charge in [0.25, 0.3) is 0 Å². The lowest BCUT2D eigenvalue weighted by Gasteiger charge is -2.58. The molecule has 0 saturated heterocycles. The number of rotatable bonds is 3. The van der Waals surface area contributed by atoms with Gasteiger partial charge in [-0.25, -0.2) is 0 Å². The Morgan fingerprint density at radius 3 is 2.74 bits per heavy atom. The van der Waals surface area contributed by atoms with Gasteiger partial charge in [0.1, 0.15) is 0 Å². The maximum Gasteiger partial charge on any atom is 0.0657 e. The molecule has 0 amide bonds. The number of pyridine rings is 1. The highest BCUT2D eigenvalue weighted by atomic mass is 16.3. The van der Waals surface area contributed by atoms with Gasteiger partial charge in [-0.05, 0) is 49.9 Å². The van der Waals surface area contributed by atoms with Gasteiger partial charge < -0.3 is 16.2 Å². The van der Waals surface area contributed by atoms with Crippen molar-refractivity contribution in [2.75, 3.05) is 5.32 Å². The Bertz CT molecular complexity index is 667. The van der Waals surface area contributed by atoms with Crippen LogP contribution in [0.2, 0.25) is 0 Å². The van der Waals surface area contributed by atoms with Crippen molar-refractivity contribution in [2.24, 2.45) is 23.5 Å². The van der Waals surface area contributed by atoms with E-state index in [1.165, 1.54) is 24.1 Å². The molecule has 0 aromatic carbocycles. The number of hydrogen-bond acceptors (Lipinski definition) is 4. The van der Waals surface area contributed by atoms with Crippen molar-refractivity contribution in [1.82, 2.24) is 4.98 Å². The molecular weight excluding hydrogens is 286 g/mol. The Labute approximate surface area is 137 Å². The maximum atomic E-state index is 10.8. The van der Waals surface area contributed by atoms with Gasteiger partial charge >= 0.3 is 0 Å².